The highest BCUT2D eigenvalue weighted by Crippen LogP contribution is 2.36. The Bertz CT molecular complexity index is 1860. The Morgan fingerprint density at radius 2 is 1.69 bits per heavy atom. The number of ether oxygens (including phenoxy) is 4. The lowest BCUT2D eigenvalue weighted by atomic mass is 9.93. The van der Waals surface area contributed by atoms with Gasteiger partial charge in [-0.05, 0) is 80.6 Å². The number of hydrogen-bond acceptors (Lipinski definition) is 9. The van der Waals surface area contributed by atoms with Crippen LogP contribution in [0, 0.1) is 12.8 Å². The number of hydrogen-bond donors (Lipinski definition) is 1. The number of halogens is 1. The molecule has 1 aliphatic heterocycles. The van der Waals surface area contributed by atoms with Crippen molar-refractivity contribution in [2.75, 3.05) is 43.2 Å². The molecule has 0 spiro atoms. The van der Waals surface area contributed by atoms with Crippen LogP contribution >= 0.6 is 11.6 Å². The summed E-state index contributed by atoms with van der Waals surface area (Å²) in [5.74, 6) is -2.81. The lowest BCUT2D eigenvalue weighted by Gasteiger charge is -2.30. The Morgan fingerprint density at radius 1 is 0.941 bits per heavy atom. The zero-order chi connectivity index (χ0) is 36.3. The molecule has 0 fully saturated rings. The minimum atomic E-state index is -1.35. The third-order valence-corrected chi connectivity index (χ3v) is 8.70. The zero-order valence-corrected chi connectivity index (χ0v) is 29.6. The second-order valence-corrected chi connectivity index (χ2v) is 12.2. The Labute approximate surface area is 301 Å². The molecule has 0 atom stereocenters. The average molecular weight is 717 g/mol. The molecule has 5 rings (SSSR count). The number of benzene rings is 3. The number of aromatic nitrogens is 2. The third-order valence-electron chi connectivity index (χ3n) is 8.29. The van der Waals surface area contributed by atoms with E-state index in [4.69, 9.17) is 30.5 Å². The van der Waals surface area contributed by atoms with Crippen molar-refractivity contribution in [1.82, 2.24) is 9.78 Å². The third kappa shape index (κ3) is 9.46. The van der Waals surface area contributed by atoms with E-state index in [1.807, 2.05) is 49.5 Å². The molecule has 2 amide bonds. The van der Waals surface area contributed by atoms with Crippen molar-refractivity contribution in [2.24, 2.45) is 5.92 Å². The predicted octanol–water partition coefficient (Wildman–Crippen LogP) is 6.60. The summed E-state index contributed by atoms with van der Waals surface area (Å²) in [5.41, 5.74) is 5.94. The number of nitrogens with one attached hydrogen (secondary N) is 1. The molecule has 0 bridgehead atoms. The number of amides is 2. The van der Waals surface area contributed by atoms with Crippen LogP contribution in [0.5, 0.6) is 5.75 Å². The molecule has 3 aromatic carbocycles. The molecular weight excluding hydrogens is 676 g/mol. The molecule has 0 radical (unpaired) electrons. The van der Waals surface area contributed by atoms with Crippen molar-refractivity contribution in [1.29, 1.82) is 0 Å². The lowest BCUT2D eigenvalue weighted by molar-refractivity contribution is -0.162. The van der Waals surface area contributed by atoms with E-state index in [-0.39, 0.29) is 26.4 Å². The van der Waals surface area contributed by atoms with E-state index in [1.165, 1.54) is 0 Å². The smallest absolute Gasteiger partial charge is 0.414 e. The minimum absolute atomic E-state index is 0.0795. The molecule has 12 nitrogen and oxygen atoms in total. The molecule has 4 aromatic rings. The van der Waals surface area contributed by atoms with E-state index in [1.54, 1.807) is 53.9 Å². The summed E-state index contributed by atoms with van der Waals surface area (Å²) in [6.07, 6.45) is 4.48. The monoisotopic (exact) mass is 716 g/mol. The number of nitrogens with zero attached hydrogens (tertiary/aromatic N) is 3. The van der Waals surface area contributed by atoms with Crippen LogP contribution in [0.4, 0.5) is 16.2 Å². The Balaban J connectivity index is 1.21. The van der Waals surface area contributed by atoms with Gasteiger partial charge in [-0.1, -0.05) is 41.9 Å². The number of esters is 2. The van der Waals surface area contributed by atoms with Crippen molar-refractivity contribution in [3.05, 3.63) is 94.8 Å². The van der Waals surface area contributed by atoms with Crippen LogP contribution in [0.25, 0.3) is 11.1 Å². The number of carbonyl (C=O) groups excluding carboxylic acids is 4. The molecule has 1 aromatic heterocycles. The van der Waals surface area contributed by atoms with Crippen molar-refractivity contribution < 1.29 is 38.1 Å². The van der Waals surface area contributed by atoms with Gasteiger partial charge in [-0.25, -0.2) is 4.79 Å². The number of anilines is 2. The van der Waals surface area contributed by atoms with Crippen molar-refractivity contribution in [3.63, 3.8) is 0 Å². The van der Waals surface area contributed by atoms with E-state index >= 15 is 0 Å². The van der Waals surface area contributed by atoms with Crippen LogP contribution in [0.1, 0.15) is 43.4 Å². The van der Waals surface area contributed by atoms with Gasteiger partial charge >= 0.3 is 18.0 Å². The van der Waals surface area contributed by atoms with Crippen molar-refractivity contribution in [3.8, 4) is 16.9 Å². The summed E-state index contributed by atoms with van der Waals surface area (Å²) in [6, 6.07) is 18.5. The molecule has 13 heteroatoms. The number of rotatable bonds is 14. The van der Waals surface area contributed by atoms with E-state index < -0.39 is 36.3 Å². The maximum atomic E-state index is 13.2. The van der Waals surface area contributed by atoms with E-state index in [9.17, 15) is 19.2 Å². The van der Waals surface area contributed by atoms with E-state index in [0.717, 1.165) is 46.3 Å². The SMILES string of the molecule is CCOC(=O)C(CC(=O)Nc1cccc(Cn2cc(-c3cccc4c3CCCN4C(=O)OCCOc3cccc(Cl)c3C)cn2)c1)C(=O)OCC. The van der Waals surface area contributed by atoms with Gasteiger partial charge in [0, 0.05) is 34.6 Å². The molecule has 0 unspecified atom stereocenters. The largest absolute Gasteiger partial charge is 0.490 e. The van der Waals surface area contributed by atoms with Crippen LogP contribution in [-0.4, -0.2) is 66.7 Å². The highest BCUT2D eigenvalue weighted by molar-refractivity contribution is 6.31. The van der Waals surface area contributed by atoms with Crippen LogP contribution < -0.4 is 15.0 Å². The highest BCUT2D eigenvalue weighted by Gasteiger charge is 2.32. The van der Waals surface area contributed by atoms with Crippen molar-refractivity contribution >= 4 is 46.9 Å². The molecular formula is C38H41ClN4O8. The summed E-state index contributed by atoms with van der Waals surface area (Å²) in [7, 11) is 0. The maximum Gasteiger partial charge on any atom is 0.414 e. The van der Waals surface area contributed by atoms with Crippen LogP contribution in [-0.2, 0) is 41.6 Å². The first-order chi connectivity index (χ1) is 24.7. The highest BCUT2D eigenvalue weighted by atomic mass is 35.5. The molecule has 268 valence electrons. The average Bonchev–Trinajstić information content (AvgIpc) is 3.58. The first kappa shape index (κ1) is 36.9. The minimum Gasteiger partial charge on any atom is -0.490 e. The van der Waals surface area contributed by atoms with Gasteiger partial charge in [0.05, 0.1) is 38.1 Å². The molecule has 1 N–H and O–H groups in total. The normalized spacial score (nSPS) is 12.2. The Kier molecular flexibility index (Phi) is 12.7. The standard InChI is InChI=1S/C38H41ClN4O8/c1-4-48-36(45)31(37(46)49-5-2)21-35(44)41-28-11-6-10-26(20-28)23-42-24-27(22-40-42)29-12-7-15-33-30(29)13-9-17-43(33)38(47)51-19-18-50-34-16-8-14-32(39)25(34)3/h6-8,10-12,14-16,20,22,24,31H,4-5,9,13,17-19,21,23H2,1-3H3,(H,41,44). The molecule has 0 aliphatic carbocycles. The fourth-order valence-electron chi connectivity index (χ4n) is 5.86. The first-order valence-corrected chi connectivity index (χ1v) is 17.2. The second-order valence-electron chi connectivity index (χ2n) is 11.8. The maximum absolute atomic E-state index is 13.2. The van der Waals surface area contributed by atoms with Gasteiger partial charge in [-0.15, -0.1) is 0 Å². The first-order valence-electron chi connectivity index (χ1n) is 16.9. The number of fused-ring (bicyclic) bond motifs is 1. The van der Waals surface area contributed by atoms with Gasteiger partial charge in [0.15, 0.2) is 5.92 Å². The fraction of sp³-hybridized carbons (Fsp3) is 0.342. The van der Waals surface area contributed by atoms with Gasteiger partial charge in [-0.2, -0.15) is 5.10 Å². The summed E-state index contributed by atoms with van der Waals surface area (Å²) < 4.78 is 23.1. The lowest BCUT2D eigenvalue weighted by Crippen LogP contribution is -2.36. The van der Waals surface area contributed by atoms with E-state index in [2.05, 4.69) is 10.4 Å². The molecule has 2 heterocycles. The summed E-state index contributed by atoms with van der Waals surface area (Å²) in [4.78, 5) is 52.2. The van der Waals surface area contributed by atoms with Gasteiger partial charge in [0.25, 0.3) is 0 Å². The van der Waals surface area contributed by atoms with Gasteiger partial charge < -0.3 is 24.3 Å². The molecule has 1 aliphatic rings. The van der Waals surface area contributed by atoms with Crippen LogP contribution in [0.2, 0.25) is 5.02 Å². The topological polar surface area (TPSA) is 138 Å². The van der Waals surface area contributed by atoms with Crippen molar-refractivity contribution in [2.45, 2.75) is 46.6 Å². The second kappa shape index (κ2) is 17.5. The van der Waals surface area contributed by atoms with E-state index in [0.29, 0.717) is 29.5 Å². The summed E-state index contributed by atoms with van der Waals surface area (Å²) >= 11 is 6.17. The predicted molar refractivity (Wildman–Crippen MR) is 192 cm³/mol. The Morgan fingerprint density at radius 3 is 2.45 bits per heavy atom. The Hall–Kier alpha value is -5.36. The van der Waals surface area contributed by atoms with Gasteiger partial charge in [-0.3, -0.25) is 24.0 Å². The van der Waals surface area contributed by atoms with Crippen LogP contribution in [0.15, 0.2) is 73.1 Å². The summed E-state index contributed by atoms with van der Waals surface area (Å²) in [5, 5.41) is 7.95. The molecule has 0 saturated heterocycles. The van der Waals surface area contributed by atoms with Gasteiger partial charge in [0.2, 0.25) is 5.91 Å². The molecule has 51 heavy (non-hydrogen) atoms. The summed E-state index contributed by atoms with van der Waals surface area (Å²) in [6.45, 7) is 6.54. The van der Waals surface area contributed by atoms with Gasteiger partial charge in [0.1, 0.15) is 19.0 Å². The number of carbonyl (C=O) groups is 4. The van der Waals surface area contributed by atoms with Crippen LogP contribution in [0.3, 0.4) is 0 Å². The molecule has 0 saturated carbocycles. The zero-order valence-electron chi connectivity index (χ0n) is 28.9. The fourth-order valence-corrected chi connectivity index (χ4v) is 6.02. The quantitative estimate of drug-likeness (QED) is 0.0662.